The standard InChI is InChI=1S/C13H21ClN4/c1-8-7-11(5-6-18(8)4)15-13-10(3)9(2)12(14)16-17-13/h8,11H,5-7H2,1-4H3,(H,15,17). The Morgan fingerprint density at radius 1 is 1.28 bits per heavy atom. The number of hydrogen-bond acceptors (Lipinski definition) is 4. The van der Waals surface area contributed by atoms with Crippen molar-refractivity contribution in [3.63, 3.8) is 0 Å². The predicted octanol–water partition coefficient (Wildman–Crippen LogP) is 2.64. The maximum Gasteiger partial charge on any atom is 0.155 e. The molecule has 2 unspecified atom stereocenters. The molecule has 2 heterocycles. The van der Waals surface area contributed by atoms with Crippen LogP contribution in [-0.4, -0.2) is 40.8 Å². The average Bonchev–Trinajstić information content (AvgIpc) is 2.34. The van der Waals surface area contributed by atoms with Crippen molar-refractivity contribution in [3.05, 3.63) is 16.3 Å². The Balaban J connectivity index is 2.08. The van der Waals surface area contributed by atoms with Gasteiger partial charge in [-0.05, 0) is 51.8 Å². The molecule has 0 bridgehead atoms. The number of rotatable bonds is 2. The fraction of sp³-hybridized carbons (Fsp3) is 0.692. The van der Waals surface area contributed by atoms with Crippen LogP contribution < -0.4 is 5.32 Å². The topological polar surface area (TPSA) is 41.1 Å². The summed E-state index contributed by atoms with van der Waals surface area (Å²) >= 11 is 5.96. The zero-order valence-electron chi connectivity index (χ0n) is 11.5. The van der Waals surface area contributed by atoms with Gasteiger partial charge in [0.15, 0.2) is 11.0 Å². The van der Waals surface area contributed by atoms with E-state index in [4.69, 9.17) is 11.6 Å². The molecule has 4 nitrogen and oxygen atoms in total. The first-order valence-electron chi connectivity index (χ1n) is 6.45. The van der Waals surface area contributed by atoms with Crippen LogP contribution in [0.25, 0.3) is 0 Å². The summed E-state index contributed by atoms with van der Waals surface area (Å²) in [7, 11) is 2.18. The number of nitrogens with zero attached hydrogens (tertiary/aromatic N) is 3. The van der Waals surface area contributed by atoms with Gasteiger partial charge in [0.1, 0.15) is 0 Å². The smallest absolute Gasteiger partial charge is 0.155 e. The van der Waals surface area contributed by atoms with E-state index in [0.717, 1.165) is 36.3 Å². The Morgan fingerprint density at radius 3 is 2.67 bits per heavy atom. The number of likely N-dealkylation sites (tertiary alicyclic amines) is 1. The van der Waals surface area contributed by atoms with Gasteiger partial charge < -0.3 is 10.2 Å². The van der Waals surface area contributed by atoms with Crippen LogP contribution in [0.3, 0.4) is 0 Å². The van der Waals surface area contributed by atoms with Crippen LogP contribution in [0.5, 0.6) is 0 Å². The van der Waals surface area contributed by atoms with Crippen molar-refractivity contribution in [1.82, 2.24) is 15.1 Å². The highest BCUT2D eigenvalue weighted by molar-refractivity contribution is 6.30. The quantitative estimate of drug-likeness (QED) is 0.895. The van der Waals surface area contributed by atoms with E-state index in [0.29, 0.717) is 17.2 Å². The summed E-state index contributed by atoms with van der Waals surface area (Å²) in [5.41, 5.74) is 2.11. The van der Waals surface area contributed by atoms with Crippen molar-refractivity contribution in [2.45, 2.75) is 45.7 Å². The van der Waals surface area contributed by atoms with Gasteiger partial charge in [-0.2, -0.15) is 0 Å². The van der Waals surface area contributed by atoms with Gasteiger partial charge in [0.2, 0.25) is 0 Å². The first-order valence-corrected chi connectivity index (χ1v) is 6.83. The summed E-state index contributed by atoms with van der Waals surface area (Å²) < 4.78 is 0. The molecule has 0 aromatic carbocycles. The summed E-state index contributed by atoms with van der Waals surface area (Å²) in [5, 5.41) is 12.2. The number of aromatic nitrogens is 2. The molecule has 1 N–H and O–H groups in total. The van der Waals surface area contributed by atoms with Crippen molar-refractivity contribution in [2.24, 2.45) is 0 Å². The lowest BCUT2D eigenvalue weighted by Crippen LogP contribution is -2.42. The highest BCUT2D eigenvalue weighted by Gasteiger charge is 2.23. The first-order chi connectivity index (χ1) is 8.49. The molecule has 5 heteroatoms. The Morgan fingerprint density at radius 2 is 2.00 bits per heavy atom. The molecule has 18 heavy (non-hydrogen) atoms. The zero-order chi connectivity index (χ0) is 13.3. The zero-order valence-corrected chi connectivity index (χ0v) is 12.3. The van der Waals surface area contributed by atoms with E-state index in [1.807, 2.05) is 13.8 Å². The molecule has 0 radical (unpaired) electrons. The van der Waals surface area contributed by atoms with Crippen LogP contribution in [0.15, 0.2) is 0 Å². The highest BCUT2D eigenvalue weighted by atomic mass is 35.5. The van der Waals surface area contributed by atoms with E-state index in [1.165, 1.54) is 0 Å². The molecule has 100 valence electrons. The minimum absolute atomic E-state index is 0.477. The van der Waals surface area contributed by atoms with Crippen molar-refractivity contribution >= 4 is 17.4 Å². The van der Waals surface area contributed by atoms with E-state index in [1.54, 1.807) is 0 Å². The Bertz CT molecular complexity index is 435. The van der Waals surface area contributed by atoms with Crippen LogP contribution in [0.2, 0.25) is 5.15 Å². The first kappa shape index (κ1) is 13.6. The fourth-order valence-corrected chi connectivity index (χ4v) is 2.51. The molecule has 0 spiro atoms. The lowest BCUT2D eigenvalue weighted by molar-refractivity contribution is 0.190. The molecule has 1 aromatic rings. The third-order valence-electron chi connectivity index (χ3n) is 4.01. The summed E-state index contributed by atoms with van der Waals surface area (Å²) in [6.07, 6.45) is 2.28. The maximum absolute atomic E-state index is 5.96. The fourth-order valence-electron chi connectivity index (χ4n) is 2.33. The summed E-state index contributed by atoms with van der Waals surface area (Å²) in [6.45, 7) is 7.41. The SMILES string of the molecule is Cc1c(Cl)nnc(NC2CCN(C)C(C)C2)c1C. The average molecular weight is 269 g/mol. The second-order valence-electron chi connectivity index (χ2n) is 5.28. The summed E-state index contributed by atoms with van der Waals surface area (Å²) in [6, 6.07) is 1.09. The molecule has 0 aliphatic carbocycles. The number of anilines is 1. The molecule has 0 saturated carbocycles. The number of piperidine rings is 1. The maximum atomic E-state index is 5.96. The van der Waals surface area contributed by atoms with Crippen molar-refractivity contribution in [1.29, 1.82) is 0 Å². The third kappa shape index (κ3) is 2.75. The van der Waals surface area contributed by atoms with E-state index in [9.17, 15) is 0 Å². The molecule has 1 aliphatic heterocycles. The minimum Gasteiger partial charge on any atom is -0.366 e. The van der Waals surface area contributed by atoms with Crippen molar-refractivity contribution in [2.75, 3.05) is 18.9 Å². The Kier molecular flexibility index (Phi) is 4.07. The van der Waals surface area contributed by atoms with Gasteiger partial charge in [-0.1, -0.05) is 11.6 Å². The van der Waals surface area contributed by atoms with Gasteiger partial charge >= 0.3 is 0 Å². The van der Waals surface area contributed by atoms with E-state index < -0.39 is 0 Å². The van der Waals surface area contributed by atoms with Gasteiger partial charge in [0.05, 0.1) is 0 Å². The van der Waals surface area contributed by atoms with E-state index >= 15 is 0 Å². The van der Waals surface area contributed by atoms with E-state index in [-0.39, 0.29) is 0 Å². The lowest BCUT2D eigenvalue weighted by Gasteiger charge is -2.35. The molecule has 1 aromatic heterocycles. The minimum atomic E-state index is 0.477. The van der Waals surface area contributed by atoms with Crippen LogP contribution >= 0.6 is 11.6 Å². The van der Waals surface area contributed by atoms with Crippen molar-refractivity contribution in [3.8, 4) is 0 Å². The molecule has 2 atom stereocenters. The van der Waals surface area contributed by atoms with Crippen molar-refractivity contribution < 1.29 is 0 Å². The molecule has 2 rings (SSSR count). The van der Waals surface area contributed by atoms with Gasteiger partial charge in [-0.25, -0.2) is 0 Å². The Labute approximate surface area is 114 Å². The van der Waals surface area contributed by atoms with Crippen LogP contribution in [0, 0.1) is 13.8 Å². The lowest BCUT2D eigenvalue weighted by atomic mass is 9.99. The third-order valence-corrected chi connectivity index (χ3v) is 4.37. The van der Waals surface area contributed by atoms with E-state index in [2.05, 4.69) is 34.4 Å². The largest absolute Gasteiger partial charge is 0.366 e. The van der Waals surface area contributed by atoms with Crippen LogP contribution in [0.1, 0.15) is 30.9 Å². The van der Waals surface area contributed by atoms with Crippen LogP contribution in [-0.2, 0) is 0 Å². The molecular weight excluding hydrogens is 248 g/mol. The molecule has 1 fully saturated rings. The number of nitrogens with one attached hydrogen (secondary N) is 1. The highest BCUT2D eigenvalue weighted by Crippen LogP contribution is 2.24. The molecule has 1 saturated heterocycles. The number of hydrogen-bond donors (Lipinski definition) is 1. The molecule has 0 amide bonds. The summed E-state index contributed by atoms with van der Waals surface area (Å²) in [5.74, 6) is 0.874. The summed E-state index contributed by atoms with van der Waals surface area (Å²) in [4.78, 5) is 2.39. The normalized spacial score (nSPS) is 25.2. The van der Waals surface area contributed by atoms with Gasteiger partial charge in [0, 0.05) is 18.6 Å². The second-order valence-corrected chi connectivity index (χ2v) is 5.64. The van der Waals surface area contributed by atoms with Gasteiger partial charge in [-0.3, -0.25) is 0 Å². The second kappa shape index (κ2) is 5.41. The number of halogens is 1. The monoisotopic (exact) mass is 268 g/mol. The van der Waals surface area contributed by atoms with Crippen LogP contribution in [0.4, 0.5) is 5.82 Å². The van der Waals surface area contributed by atoms with Gasteiger partial charge in [-0.15, -0.1) is 10.2 Å². The Hall–Kier alpha value is -0.870. The molecule has 1 aliphatic rings. The predicted molar refractivity (Wildman–Crippen MR) is 75.3 cm³/mol. The van der Waals surface area contributed by atoms with Gasteiger partial charge in [0.25, 0.3) is 0 Å². The molecular formula is C13H21ClN4.